The maximum atomic E-state index is 10.3. The fourth-order valence-corrected chi connectivity index (χ4v) is 1.97. The molecule has 0 unspecified atom stereocenters. The van der Waals surface area contributed by atoms with Gasteiger partial charge in [0, 0.05) is 6.42 Å². The minimum atomic E-state index is -0.753. The number of hydrogen-bond acceptors (Lipinski definition) is 3. The third kappa shape index (κ3) is 4.67. The summed E-state index contributed by atoms with van der Waals surface area (Å²) in [5.41, 5.74) is 0. The predicted molar refractivity (Wildman–Crippen MR) is 67.3 cm³/mol. The molecule has 1 aromatic heterocycles. The molecule has 0 bridgehead atoms. The lowest BCUT2D eigenvalue weighted by atomic mass is 10.3. The maximum absolute atomic E-state index is 10.3. The van der Waals surface area contributed by atoms with Crippen LogP contribution in [0, 0.1) is 0 Å². The van der Waals surface area contributed by atoms with Crippen molar-refractivity contribution in [3.05, 3.63) is 21.0 Å². The van der Waals surface area contributed by atoms with Crippen molar-refractivity contribution in [2.24, 2.45) is 0 Å². The van der Waals surface area contributed by atoms with Gasteiger partial charge in [-0.3, -0.25) is 9.69 Å². The van der Waals surface area contributed by atoms with Crippen LogP contribution in [0.4, 0.5) is 0 Å². The number of nitrogens with zero attached hydrogens (tertiary/aromatic N) is 1. The van der Waals surface area contributed by atoms with Crippen LogP contribution in [0.15, 0.2) is 19.6 Å². The van der Waals surface area contributed by atoms with Crippen molar-refractivity contribution in [3.63, 3.8) is 0 Å². The zero-order chi connectivity index (χ0) is 12.1. The molecule has 0 fully saturated rings. The highest BCUT2D eigenvalue weighted by molar-refractivity contribution is 9.13. The minimum absolute atomic E-state index is 0.204. The van der Waals surface area contributed by atoms with Crippen LogP contribution in [0.1, 0.15) is 18.6 Å². The number of hydrogen-bond donors (Lipinski definition) is 1. The summed E-state index contributed by atoms with van der Waals surface area (Å²) in [6.07, 6.45) is 0.852. The molecular formula is C10H13Br2NO3. The normalized spacial score (nSPS) is 11.0. The molecular weight excluding hydrogens is 342 g/mol. The molecule has 1 aromatic rings. The first-order valence-corrected chi connectivity index (χ1v) is 6.41. The van der Waals surface area contributed by atoms with Crippen LogP contribution in [-0.4, -0.2) is 29.6 Å². The second-order valence-electron chi connectivity index (χ2n) is 3.57. The average molecular weight is 355 g/mol. The zero-order valence-corrected chi connectivity index (χ0v) is 12.0. The Bertz CT molecular complexity index is 345. The Morgan fingerprint density at radius 1 is 1.56 bits per heavy atom. The van der Waals surface area contributed by atoms with Crippen molar-refractivity contribution in [3.8, 4) is 0 Å². The van der Waals surface area contributed by atoms with Gasteiger partial charge in [0.25, 0.3) is 0 Å². The summed E-state index contributed by atoms with van der Waals surface area (Å²) in [5.74, 6) is 0.0912. The van der Waals surface area contributed by atoms with Crippen LogP contribution in [-0.2, 0) is 11.3 Å². The molecule has 1 rings (SSSR count). The average Bonchev–Trinajstić information content (AvgIpc) is 2.44. The molecule has 0 spiro atoms. The van der Waals surface area contributed by atoms with Crippen LogP contribution in [0.3, 0.4) is 0 Å². The second-order valence-corrected chi connectivity index (χ2v) is 5.14. The van der Waals surface area contributed by atoms with E-state index in [2.05, 4.69) is 31.9 Å². The van der Waals surface area contributed by atoms with Gasteiger partial charge in [0.1, 0.15) is 5.76 Å². The lowest BCUT2D eigenvalue weighted by Crippen LogP contribution is -2.19. The highest BCUT2D eigenvalue weighted by Gasteiger charge is 2.08. The van der Waals surface area contributed by atoms with E-state index in [0.717, 1.165) is 16.8 Å². The van der Waals surface area contributed by atoms with E-state index in [1.165, 1.54) is 0 Å². The van der Waals surface area contributed by atoms with Crippen LogP contribution >= 0.6 is 31.9 Å². The highest BCUT2D eigenvalue weighted by Crippen LogP contribution is 2.27. The van der Waals surface area contributed by atoms with Crippen molar-refractivity contribution in [2.45, 2.75) is 19.4 Å². The van der Waals surface area contributed by atoms with E-state index < -0.39 is 5.97 Å². The SMILES string of the molecule is CN(CCCC(=O)O)Cc1cc(Br)c(Br)o1. The predicted octanol–water partition coefficient (Wildman–Crippen LogP) is 3.10. The highest BCUT2D eigenvalue weighted by atomic mass is 79.9. The third-order valence-electron chi connectivity index (χ3n) is 2.05. The quantitative estimate of drug-likeness (QED) is 0.852. The maximum Gasteiger partial charge on any atom is 0.303 e. The molecule has 6 heteroatoms. The Kier molecular flexibility index (Phi) is 5.51. The summed E-state index contributed by atoms with van der Waals surface area (Å²) in [5, 5.41) is 8.51. The molecule has 90 valence electrons. The number of carboxylic acids is 1. The topological polar surface area (TPSA) is 53.7 Å². The number of carbonyl (C=O) groups is 1. The fraction of sp³-hybridized carbons (Fsp3) is 0.500. The monoisotopic (exact) mass is 353 g/mol. The van der Waals surface area contributed by atoms with E-state index in [-0.39, 0.29) is 6.42 Å². The summed E-state index contributed by atoms with van der Waals surface area (Å²) in [6.45, 7) is 1.41. The summed E-state index contributed by atoms with van der Waals surface area (Å²) in [6, 6.07) is 1.90. The molecule has 0 aliphatic carbocycles. The van der Waals surface area contributed by atoms with E-state index in [1.807, 2.05) is 18.0 Å². The van der Waals surface area contributed by atoms with Crippen LogP contribution in [0.5, 0.6) is 0 Å². The van der Waals surface area contributed by atoms with Gasteiger partial charge in [0.15, 0.2) is 4.67 Å². The lowest BCUT2D eigenvalue weighted by molar-refractivity contribution is -0.137. The molecule has 0 amide bonds. The standard InChI is InChI=1S/C10H13Br2NO3/c1-13(4-2-3-9(14)15)6-7-5-8(11)10(12)16-7/h5H,2-4,6H2,1H3,(H,14,15). The Morgan fingerprint density at radius 3 is 2.75 bits per heavy atom. The first-order chi connectivity index (χ1) is 7.49. The molecule has 1 N–H and O–H groups in total. The molecule has 0 aliphatic heterocycles. The van der Waals surface area contributed by atoms with Gasteiger partial charge in [-0.25, -0.2) is 0 Å². The van der Waals surface area contributed by atoms with Gasteiger partial charge in [-0.05, 0) is 57.9 Å². The molecule has 1 heterocycles. The minimum Gasteiger partial charge on any atom is -0.481 e. The Labute approximate surface area is 111 Å². The smallest absolute Gasteiger partial charge is 0.303 e. The third-order valence-corrected chi connectivity index (χ3v) is 3.76. The second kappa shape index (κ2) is 6.42. The van der Waals surface area contributed by atoms with Gasteiger partial charge in [0.2, 0.25) is 0 Å². The van der Waals surface area contributed by atoms with Crippen LogP contribution < -0.4 is 0 Å². The van der Waals surface area contributed by atoms with E-state index in [0.29, 0.717) is 17.6 Å². The van der Waals surface area contributed by atoms with E-state index in [1.54, 1.807) is 0 Å². The number of halogens is 2. The Morgan fingerprint density at radius 2 is 2.25 bits per heavy atom. The van der Waals surface area contributed by atoms with Gasteiger partial charge in [0.05, 0.1) is 11.0 Å². The number of aliphatic carboxylic acids is 1. The van der Waals surface area contributed by atoms with Crippen molar-refractivity contribution in [2.75, 3.05) is 13.6 Å². The Hall–Kier alpha value is -0.330. The van der Waals surface area contributed by atoms with E-state index in [9.17, 15) is 4.79 Å². The van der Waals surface area contributed by atoms with Crippen LogP contribution in [0.25, 0.3) is 0 Å². The molecule has 0 aliphatic rings. The Balaban J connectivity index is 2.33. The summed E-state index contributed by atoms with van der Waals surface area (Å²) in [4.78, 5) is 12.4. The molecule has 16 heavy (non-hydrogen) atoms. The first kappa shape index (κ1) is 13.7. The molecule has 0 aromatic carbocycles. The molecule has 4 nitrogen and oxygen atoms in total. The van der Waals surface area contributed by atoms with Crippen molar-refractivity contribution in [1.29, 1.82) is 0 Å². The van der Waals surface area contributed by atoms with E-state index >= 15 is 0 Å². The van der Waals surface area contributed by atoms with Gasteiger partial charge in [-0.15, -0.1) is 0 Å². The number of carboxylic acid groups (broad SMARTS) is 1. The molecule has 0 saturated carbocycles. The van der Waals surface area contributed by atoms with Crippen molar-refractivity contribution in [1.82, 2.24) is 4.90 Å². The van der Waals surface area contributed by atoms with Gasteiger partial charge < -0.3 is 9.52 Å². The molecule has 0 saturated heterocycles. The fourth-order valence-electron chi connectivity index (χ4n) is 1.31. The van der Waals surface area contributed by atoms with Crippen molar-refractivity contribution < 1.29 is 14.3 Å². The first-order valence-electron chi connectivity index (χ1n) is 4.83. The largest absolute Gasteiger partial charge is 0.481 e. The zero-order valence-electron chi connectivity index (χ0n) is 8.87. The molecule has 0 atom stereocenters. The van der Waals surface area contributed by atoms with Gasteiger partial charge in [-0.1, -0.05) is 0 Å². The van der Waals surface area contributed by atoms with Crippen molar-refractivity contribution >= 4 is 37.8 Å². The van der Waals surface area contributed by atoms with Gasteiger partial charge in [-0.2, -0.15) is 0 Å². The number of furan rings is 1. The lowest BCUT2D eigenvalue weighted by Gasteiger charge is -2.13. The summed E-state index contributed by atoms with van der Waals surface area (Å²) < 4.78 is 7.00. The summed E-state index contributed by atoms with van der Waals surface area (Å²) >= 11 is 6.61. The summed E-state index contributed by atoms with van der Waals surface area (Å²) in [7, 11) is 1.94. The van der Waals surface area contributed by atoms with E-state index in [4.69, 9.17) is 9.52 Å². The molecule has 0 radical (unpaired) electrons. The van der Waals surface area contributed by atoms with Crippen LogP contribution in [0.2, 0.25) is 0 Å². The number of rotatable bonds is 6. The van der Waals surface area contributed by atoms with Gasteiger partial charge >= 0.3 is 5.97 Å².